The molecule has 38 heavy (non-hydrogen) atoms. The summed E-state index contributed by atoms with van der Waals surface area (Å²) in [6, 6.07) is 34.6. The highest BCUT2D eigenvalue weighted by atomic mass is 35.5. The Morgan fingerprint density at radius 3 is 1.95 bits per heavy atom. The average molecular weight is 542 g/mol. The Bertz CT molecular complexity index is 2430. The molecular formula is C32H16ClN3S2. The van der Waals surface area contributed by atoms with E-state index in [1.54, 1.807) is 11.3 Å². The molecule has 6 heteroatoms. The molecule has 0 unspecified atom stereocenters. The van der Waals surface area contributed by atoms with E-state index in [4.69, 9.17) is 16.6 Å². The van der Waals surface area contributed by atoms with Crippen molar-refractivity contribution in [1.82, 2.24) is 14.5 Å². The Balaban J connectivity index is 1.63. The first-order valence-electron chi connectivity index (χ1n) is 12.4. The summed E-state index contributed by atoms with van der Waals surface area (Å²) in [7, 11) is 0. The second-order valence-corrected chi connectivity index (χ2v) is 11.9. The van der Waals surface area contributed by atoms with Gasteiger partial charge in [-0.3, -0.25) is 4.57 Å². The van der Waals surface area contributed by atoms with Gasteiger partial charge in [-0.1, -0.05) is 78.9 Å². The van der Waals surface area contributed by atoms with Crippen LogP contribution in [0.15, 0.2) is 97.1 Å². The van der Waals surface area contributed by atoms with Gasteiger partial charge in [0.2, 0.25) is 5.28 Å². The van der Waals surface area contributed by atoms with Crippen molar-refractivity contribution in [2.45, 2.75) is 0 Å². The number of fused-ring (bicyclic) bond motifs is 13. The molecule has 0 saturated heterocycles. The topological polar surface area (TPSA) is 30.7 Å². The van der Waals surface area contributed by atoms with Crippen LogP contribution in [0.2, 0.25) is 5.28 Å². The van der Waals surface area contributed by atoms with E-state index in [1.165, 1.54) is 46.4 Å². The highest BCUT2D eigenvalue weighted by Crippen LogP contribution is 2.48. The SMILES string of the molecule is Clc1nc(-n2c3ccccc3c3c4c5ccccc5sc4c4ccccc4c32)c2c(n1)sc1ccccc12. The van der Waals surface area contributed by atoms with Gasteiger partial charge in [-0.25, -0.2) is 4.98 Å². The van der Waals surface area contributed by atoms with Crippen molar-refractivity contribution >= 4 is 107 Å². The third-order valence-electron chi connectivity index (χ3n) is 7.55. The Morgan fingerprint density at radius 1 is 0.553 bits per heavy atom. The maximum atomic E-state index is 6.62. The molecule has 9 aromatic rings. The third-order valence-corrected chi connectivity index (χ3v) is 9.99. The normalized spacial score (nSPS) is 12.3. The molecule has 5 aromatic carbocycles. The van der Waals surface area contributed by atoms with E-state index < -0.39 is 0 Å². The molecule has 4 heterocycles. The lowest BCUT2D eigenvalue weighted by Gasteiger charge is -2.11. The molecule has 0 saturated carbocycles. The van der Waals surface area contributed by atoms with Gasteiger partial charge in [0.15, 0.2) is 5.82 Å². The van der Waals surface area contributed by atoms with Gasteiger partial charge < -0.3 is 0 Å². The molecule has 9 rings (SSSR count). The lowest BCUT2D eigenvalue weighted by atomic mass is 10.00. The summed E-state index contributed by atoms with van der Waals surface area (Å²) in [4.78, 5) is 10.5. The van der Waals surface area contributed by atoms with Crippen LogP contribution in [0.1, 0.15) is 0 Å². The predicted octanol–water partition coefficient (Wildman–Crippen LogP) is 10.1. The van der Waals surface area contributed by atoms with Crippen LogP contribution in [0.25, 0.3) is 78.9 Å². The number of nitrogens with zero attached hydrogens (tertiary/aromatic N) is 3. The number of aromatic nitrogens is 3. The minimum absolute atomic E-state index is 0.261. The highest BCUT2D eigenvalue weighted by Gasteiger charge is 2.24. The van der Waals surface area contributed by atoms with Crippen molar-refractivity contribution in [3.8, 4) is 5.82 Å². The van der Waals surface area contributed by atoms with Crippen LogP contribution in [-0.2, 0) is 0 Å². The maximum absolute atomic E-state index is 6.62. The number of thiophene rings is 2. The molecular weight excluding hydrogens is 526 g/mol. The van der Waals surface area contributed by atoms with Crippen molar-refractivity contribution in [3.05, 3.63) is 102 Å². The maximum Gasteiger partial charge on any atom is 0.225 e. The zero-order valence-corrected chi connectivity index (χ0v) is 22.2. The first-order chi connectivity index (χ1) is 18.8. The van der Waals surface area contributed by atoms with Crippen LogP contribution < -0.4 is 0 Å². The number of benzene rings is 5. The van der Waals surface area contributed by atoms with Crippen LogP contribution >= 0.6 is 34.3 Å². The first-order valence-corrected chi connectivity index (χ1v) is 14.4. The molecule has 4 aromatic heterocycles. The monoisotopic (exact) mass is 541 g/mol. The van der Waals surface area contributed by atoms with Gasteiger partial charge in [0.1, 0.15) is 4.83 Å². The summed E-state index contributed by atoms with van der Waals surface area (Å²) in [5.41, 5.74) is 2.27. The zero-order chi connectivity index (χ0) is 25.0. The molecule has 0 aliphatic heterocycles. The zero-order valence-electron chi connectivity index (χ0n) is 19.8. The number of hydrogen-bond donors (Lipinski definition) is 0. The molecule has 0 aliphatic carbocycles. The predicted molar refractivity (Wildman–Crippen MR) is 165 cm³/mol. The van der Waals surface area contributed by atoms with Crippen molar-refractivity contribution < 1.29 is 0 Å². The van der Waals surface area contributed by atoms with Gasteiger partial charge in [-0.2, -0.15) is 4.98 Å². The van der Waals surface area contributed by atoms with E-state index in [9.17, 15) is 0 Å². The molecule has 3 nitrogen and oxygen atoms in total. The minimum Gasteiger partial charge on any atom is -0.292 e. The molecule has 0 amide bonds. The molecule has 0 bridgehead atoms. The van der Waals surface area contributed by atoms with Crippen molar-refractivity contribution in [2.24, 2.45) is 0 Å². The van der Waals surface area contributed by atoms with E-state index in [0.29, 0.717) is 0 Å². The largest absolute Gasteiger partial charge is 0.292 e. The number of rotatable bonds is 1. The number of para-hydroxylation sites is 1. The van der Waals surface area contributed by atoms with Gasteiger partial charge in [0.05, 0.1) is 16.4 Å². The van der Waals surface area contributed by atoms with Crippen molar-refractivity contribution in [2.75, 3.05) is 0 Å². The highest BCUT2D eigenvalue weighted by molar-refractivity contribution is 7.27. The first kappa shape index (κ1) is 21.0. The van der Waals surface area contributed by atoms with E-state index >= 15 is 0 Å². The minimum atomic E-state index is 0.261. The summed E-state index contributed by atoms with van der Waals surface area (Å²) < 4.78 is 6.13. The summed E-state index contributed by atoms with van der Waals surface area (Å²) in [6.45, 7) is 0. The Hall–Kier alpha value is -4.03. The molecule has 0 radical (unpaired) electrons. The second kappa shape index (κ2) is 7.51. The molecule has 0 aliphatic rings. The summed E-state index contributed by atoms with van der Waals surface area (Å²) in [5.74, 6) is 0.827. The summed E-state index contributed by atoms with van der Waals surface area (Å²) in [5, 5.41) is 9.98. The Morgan fingerprint density at radius 2 is 1.16 bits per heavy atom. The number of hydrogen-bond acceptors (Lipinski definition) is 4. The van der Waals surface area contributed by atoms with Gasteiger partial charge in [-0.05, 0) is 29.8 Å². The molecule has 178 valence electrons. The Labute approximate surface area is 229 Å². The molecule has 0 fully saturated rings. The quantitative estimate of drug-likeness (QED) is 0.193. The smallest absolute Gasteiger partial charge is 0.225 e. The van der Waals surface area contributed by atoms with E-state index in [1.807, 2.05) is 11.3 Å². The fourth-order valence-corrected chi connectivity index (χ4v) is 8.61. The second-order valence-electron chi connectivity index (χ2n) is 9.52. The van der Waals surface area contributed by atoms with E-state index in [0.717, 1.165) is 32.5 Å². The van der Waals surface area contributed by atoms with Crippen LogP contribution in [0.5, 0.6) is 0 Å². The summed E-state index contributed by atoms with van der Waals surface area (Å²) >= 11 is 10.2. The van der Waals surface area contributed by atoms with Crippen LogP contribution in [0.3, 0.4) is 0 Å². The van der Waals surface area contributed by atoms with Crippen LogP contribution in [0.4, 0.5) is 0 Å². The van der Waals surface area contributed by atoms with Crippen molar-refractivity contribution in [1.29, 1.82) is 0 Å². The lowest BCUT2D eigenvalue weighted by molar-refractivity contribution is 1.08. The van der Waals surface area contributed by atoms with Gasteiger partial charge >= 0.3 is 0 Å². The molecule has 0 N–H and O–H groups in total. The van der Waals surface area contributed by atoms with E-state index in [2.05, 4.69) is 107 Å². The van der Waals surface area contributed by atoms with Crippen LogP contribution in [-0.4, -0.2) is 14.5 Å². The molecule has 0 atom stereocenters. The number of halogens is 1. The van der Waals surface area contributed by atoms with E-state index in [-0.39, 0.29) is 5.28 Å². The standard InChI is InChI=1S/C32H16ClN3S2/c33-32-34-30(27-21-13-5-8-16-24(21)38-31(27)35-32)36-22-14-6-3-11-19(22)25-26-20-12-4-7-15-23(20)37-29(26)18-10-2-1-9-17(18)28(25)36/h1-16H. The van der Waals surface area contributed by atoms with Gasteiger partial charge in [0, 0.05) is 51.8 Å². The lowest BCUT2D eigenvalue weighted by Crippen LogP contribution is -2.00. The fourth-order valence-electron chi connectivity index (χ4n) is 6.08. The Kier molecular flexibility index (Phi) is 4.14. The fraction of sp³-hybridized carbons (Fsp3) is 0. The van der Waals surface area contributed by atoms with Gasteiger partial charge in [0.25, 0.3) is 0 Å². The summed E-state index contributed by atoms with van der Waals surface area (Å²) in [6.07, 6.45) is 0. The van der Waals surface area contributed by atoms with Crippen LogP contribution in [0, 0.1) is 0 Å². The van der Waals surface area contributed by atoms with Gasteiger partial charge in [-0.15, -0.1) is 22.7 Å². The van der Waals surface area contributed by atoms with Crippen molar-refractivity contribution in [3.63, 3.8) is 0 Å². The molecule has 0 spiro atoms. The third kappa shape index (κ3) is 2.63. The average Bonchev–Trinajstić information content (AvgIpc) is 3.62.